The van der Waals surface area contributed by atoms with Crippen molar-refractivity contribution in [3.05, 3.63) is 35.4 Å². The van der Waals surface area contributed by atoms with Crippen molar-refractivity contribution in [2.75, 3.05) is 0 Å². The monoisotopic (exact) mass is 258 g/mol. The zero-order chi connectivity index (χ0) is 10.4. The Bertz CT molecular complexity index is 310. The van der Waals surface area contributed by atoms with Crippen LogP contribution in [0.3, 0.4) is 0 Å². The van der Waals surface area contributed by atoms with Crippen LogP contribution in [0.1, 0.15) is 17.5 Å². The zero-order valence-electron chi connectivity index (χ0n) is 8.19. The minimum atomic E-state index is -0.684. The van der Waals surface area contributed by atoms with Crippen LogP contribution in [0.4, 0.5) is 0 Å². The molecule has 0 aliphatic carbocycles. The maximum atomic E-state index is 10.3. The van der Waals surface area contributed by atoms with Crippen molar-refractivity contribution in [2.45, 2.75) is 24.0 Å². The predicted octanol–water partition coefficient (Wildman–Crippen LogP) is 2.09. The number of carbonyl (C=O) groups is 1. The van der Waals surface area contributed by atoms with Crippen LogP contribution in [0, 0.1) is 6.92 Å². The molecule has 1 aromatic rings. The third-order valence-corrected chi connectivity index (χ3v) is 3.97. The van der Waals surface area contributed by atoms with Crippen LogP contribution in [0.15, 0.2) is 24.3 Å². The van der Waals surface area contributed by atoms with Gasteiger partial charge >= 0.3 is 90.2 Å². The molecule has 0 aliphatic heterocycles. The average Bonchev–Trinajstić information content (AvgIpc) is 2.12. The van der Waals surface area contributed by atoms with Crippen LogP contribution in [-0.2, 0) is 10.1 Å². The summed E-state index contributed by atoms with van der Waals surface area (Å²) in [6.07, 6.45) is 0.311. The Morgan fingerprint density at radius 2 is 2.29 bits per heavy atom. The van der Waals surface area contributed by atoms with Crippen molar-refractivity contribution >= 4 is 20.9 Å². The van der Waals surface area contributed by atoms with Gasteiger partial charge in [0, 0.05) is 0 Å². The first-order valence-electron chi connectivity index (χ1n) is 4.53. The fourth-order valence-electron chi connectivity index (χ4n) is 1.15. The number of aryl methyl sites for hydroxylation is 1. The fourth-order valence-corrected chi connectivity index (χ4v) is 2.99. The van der Waals surface area contributed by atoms with Crippen molar-refractivity contribution < 1.29 is 9.90 Å². The fraction of sp³-hybridized carbons (Fsp3) is 0.364. The van der Waals surface area contributed by atoms with Crippen molar-refractivity contribution in [3.8, 4) is 0 Å². The standard InChI is InChI=1S/C11H14O2Se/c1-9-3-2-4-10(7-9)8-14-6-5-11(12)13/h2-4,7H,5-6,8H2,1H3,(H,12,13). The summed E-state index contributed by atoms with van der Waals surface area (Å²) in [6, 6.07) is 8.41. The SMILES string of the molecule is Cc1cccc(C[Se]CCC(=O)O)c1. The van der Waals surface area contributed by atoms with E-state index in [0.717, 1.165) is 10.6 Å². The van der Waals surface area contributed by atoms with Crippen molar-refractivity contribution in [2.24, 2.45) is 0 Å². The summed E-state index contributed by atoms with van der Waals surface area (Å²) in [5.74, 6) is -0.684. The summed E-state index contributed by atoms with van der Waals surface area (Å²) in [5, 5.41) is 10.3. The van der Waals surface area contributed by atoms with Crippen LogP contribution in [0.5, 0.6) is 0 Å². The van der Waals surface area contributed by atoms with Crippen LogP contribution < -0.4 is 0 Å². The van der Waals surface area contributed by atoms with E-state index in [4.69, 9.17) is 5.11 Å². The van der Waals surface area contributed by atoms with Gasteiger partial charge in [-0.05, 0) is 0 Å². The molecule has 1 aromatic carbocycles. The summed E-state index contributed by atoms with van der Waals surface area (Å²) in [4.78, 5) is 10.3. The van der Waals surface area contributed by atoms with Gasteiger partial charge in [-0.3, -0.25) is 0 Å². The molecule has 0 spiro atoms. The van der Waals surface area contributed by atoms with Gasteiger partial charge < -0.3 is 0 Å². The predicted molar refractivity (Wildman–Crippen MR) is 57.7 cm³/mol. The Hall–Kier alpha value is -0.791. The van der Waals surface area contributed by atoms with E-state index in [1.807, 2.05) is 0 Å². The number of aliphatic carboxylic acids is 1. The Morgan fingerprint density at radius 1 is 1.50 bits per heavy atom. The molecule has 0 saturated carbocycles. The van der Waals surface area contributed by atoms with Gasteiger partial charge in [-0.15, -0.1) is 0 Å². The molecule has 1 rings (SSSR count). The van der Waals surface area contributed by atoms with E-state index >= 15 is 0 Å². The van der Waals surface area contributed by atoms with Gasteiger partial charge in [0.2, 0.25) is 0 Å². The second-order valence-corrected chi connectivity index (χ2v) is 5.50. The van der Waals surface area contributed by atoms with Gasteiger partial charge in [0.25, 0.3) is 0 Å². The molecular formula is C11H14O2Se. The van der Waals surface area contributed by atoms with Crippen LogP contribution >= 0.6 is 0 Å². The molecule has 76 valence electrons. The second-order valence-electron chi connectivity index (χ2n) is 3.19. The van der Waals surface area contributed by atoms with Crippen LogP contribution in [0.2, 0.25) is 5.32 Å². The maximum absolute atomic E-state index is 10.3. The molecule has 0 atom stereocenters. The van der Waals surface area contributed by atoms with Crippen LogP contribution in [0.25, 0.3) is 0 Å². The van der Waals surface area contributed by atoms with Crippen molar-refractivity contribution in [1.82, 2.24) is 0 Å². The molecule has 0 amide bonds. The second kappa shape index (κ2) is 5.84. The summed E-state index contributed by atoms with van der Waals surface area (Å²) < 4.78 is 0. The Labute approximate surface area is 90.5 Å². The summed E-state index contributed by atoms with van der Waals surface area (Å²) in [7, 11) is 0. The number of hydrogen-bond acceptors (Lipinski definition) is 1. The van der Waals surface area contributed by atoms with Gasteiger partial charge in [-0.2, -0.15) is 0 Å². The molecular weight excluding hydrogens is 243 g/mol. The number of carboxylic acid groups (broad SMARTS) is 1. The number of hydrogen-bond donors (Lipinski definition) is 1. The molecule has 0 bridgehead atoms. The minimum absolute atomic E-state index is 0.311. The normalized spacial score (nSPS) is 10.1. The number of rotatable bonds is 5. The molecule has 0 aliphatic rings. The Morgan fingerprint density at radius 3 is 2.93 bits per heavy atom. The van der Waals surface area contributed by atoms with Crippen molar-refractivity contribution in [3.63, 3.8) is 0 Å². The average molecular weight is 257 g/mol. The molecule has 3 heteroatoms. The van der Waals surface area contributed by atoms with E-state index in [1.165, 1.54) is 11.1 Å². The molecule has 2 nitrogen and oxygen atoms in total. The van der Waals surface area contributed by atoms with Gasteiger partial charge in [0.05, 0.1) is 0 Å². The molecule has 0 radical (unpaired) electrons. The van der Waals surface area contributed by atoms with Crippen molar-refractivity contribution in [1.29, 1.82) is 0 Å². The van der Waals surface area contributed by atoms with E-state index in [-0.39, 0.29) is 0 Å². The molecule has 0 saturated heterocycles. The molecule has 0 fully saturated rings. The van der Waals surface area contributed by atoms with Crippen LogP contribution in [-0.4, -0.2) is 26.0 Å². The summed E-state index contributed by atoms with van der Waals surface area (Å²) in [5.41, 5.74) is 2.60. The van der Waals surface area contributed by atoms with Gasteiger partial charge in [0.1, 0.15) is 0 Å². The third-order valence-electron chi connectivity index (χ3n) is 1.81. The van der Waals surface area contributed by atoms with E-state index in [2.05, 4.69) is 31.2 Å². The molecule has 0 aromatic heterocycles. The quantitative estimate of drug-likeness (QED) is 0.647. The third kappa shape index (κ3) is 4.45. The summed E-state index contributed by atoms with van der Waals surface area (Å²) >= 11 is 0.423. The number of carboxylic acids is 1. The van der Waals surface area contributed by atoms with E-state index in [0.29, 0.717) is 21.4 Å². The van der Waals surface area contributed by atoms with E-state index in [1.54, 1.807) is 0 Å². The van der Waals surface area contributed by atoms with Gasteiger partial charge in [-0.1, -0.05) is 0 Å². The first-order chi connectivity index (χ1) is 6.68. The van der Waals surface area contributed by atoms with E-state index in [9.17, 15) is 4.79 Å². The Kier molecular flexibility index (Phi) is 4.71. The van der Waals surface area contributed by atoms with E-state index < -0.39 is 5.97 Å². The molecule has 0 unspecified atom stereocenters. The van der Waals surface area contributed by atoms with Gasteiger partial charge in [-0.25, -0.2) is 0 Å². The molecule has 1 N–H and O–H groups in total. The first kappa shape index (κ1) is 11.3. The number of benzene rings is 1. The topological polar surface area (TPSA) is 37.3 Å². The summed E-state index contributed by atoms with van der Waals surface area (Å²) in [6.45, 7) is 2.08. The Balaban J connectivity index is 2.28. The van der Waals surface area contributed by atoms with Gasteiger partial charge in [0.15, 0.2) is 0 Å². The first-order valence-corrected chi connectivity index (χ1v) is 6.96. The zero-order valence-corrected chi connectivity index (χ0v) is 9.91. The molecule has 0 heterocycles. The molecule has 14 heavy (non-hydrogen) atoms.